The minimum atomic E-state index is -0.772. The van der Waals surface area contributed by atoms with E-state index >= 15 is 0 Å². The first-order valence-electron chi connectivity index (χ1n) is 14.2. The SMILES string of the molecule is CCn1cc(CCC(c2ccc(C)c(COCc3ccc(OC)cc3)c2)C(C)(C)C(=O)OCc2ccccc2)nn1. The average molecular weight is 556 g/mol. The number of rotatable bonds is 14. The third-order valence-corrected chi connectivity index (χ3v) is 7.67. The highest BCUT2D eigenvalue weighted by atomic mass is 16.5. The van der Waals surface area contributed by atoms with Crippen molar-refractivity contribution in [2.75, 3.05) is 7.11 Å². The molecule has 0 amide bonds. The molecule has 7 heteroatoms. The van der Waals surface area contributed by atoms with E-state index in [0.29, 0.717) is 19.6 Å². The Kier molecular flexibility index (Phi) is 10.3. The molecular weight excluding hydrogens is 514 g/mol. The molecule has 1 atom stereocenters. The molecule has 0 bridgehead atoms. The third-order valence-electron chi connectivity index (χ3n) is 7.67. The lowest BCUT2D eigenvalue weighted by Gasteiger charge is -2.33. The molecular formula is C34H41N3O4. The number of carbonyl (C=O) groups excluding carboxylic acids is 1. The predicted molar refractivity (Wildman–Crippen MR) is 159 cm³/mol. The van der Waals surface area contributed by atoms with Crippen LogP contribution < -0.4 is 4.74 Å². The highest BCUT2D eigenvalue weighted by Crippen LogP contribution is 2.41. The van der Waals surface area contributed by atoms with Gasteiger partial charge in [-0.05, 0) is 86.4 Å². The number of benzene rings is 3. The van der Waals surface area contributed by atoms with Gasteiger partial charge < -0.3 is 14.2 Å². The molecule has 0 saturated carbocycles. The Morgan fingerprint density at radius 3 is 2.37 bits per heavy atom. The molecule has 0 fully saturated rings. The normalized spacial score (nSPS) is 12.2. The Bertz CT molecular complexity index is 1400. The van der Waals surface area contributed by atoms with Crippen LogP contribution in [0.1, 0.15) is 66.6 Å². The van der Waals surface area contributed by atoms with Crippen molar-refractivity contribution in [1.82, 2.24) is 15.0 Å². The van der Waals surface area contributed by atoms with Crippen molar-refractivity contribution < 1.29 is 19.0 Å². The van der Waals surface area contributed by atoms with Gasteiger partial charge in [0.15, 0.2) is 0 Å². The van der Waals surface area contributed by atoms with Gasteiger partial charge in [-0.3, -0.25) is 9.48 Å². The molecule has 1 heterocycles. The lowest BCUT2D eigenvalue weighted by molar-refractivity contribution is -0.156. The van der Waals surface area contributed by atoms with Crippen LogP contribution in [-0.4, -0.2) is 28.1 Å². The summed E-state index contributed by atoms with van der Waals surface area (Å²) in [5.41, 5.74) is 5.54. The summed E-state index contributed by atoms with van der Waals surface area (Å²) in [6.45, 7) is 10.1. The molecule has 4 rings (SSSR count). The number of nitrogens with zero attached hydrogens (tertiary/aromatic N) is 3. The zero-order valence-corrected chi connectivity index (χ0v) is 24.8. The summed E-state index contributed by atoms with van der Waals surface area (Å²) >= 11 is 0. The second-order valence-corrected chi connectivity index (χ2v) is 11.0. The highest BCUT2D eigenvalue weighted by Gasteiger charge is 2.39. The van der Waals surface area contributed by atoms with Crippen LogP contribution in [0.15, 0.2) is 79.0 Å². The summed E-state index contributed by atoms with van der Waals surface area (Å²) in [7, 11) is 1.66. The van der Waals surface area contributed by atoms with Gasteiger partial charge in [-0.2, -0.15) is 0 Å². The van der Waals surface area contributed by atoms with Gasteiger partial charge in [0.2, 0.25) is 0 Å². The van der Waals surface area contributed by atoms with E-state index in [2.05, 4.69) is 35.4 Å². The zero-order chi connectivity index (χ0) is 29.2. The van der Waals surface area contributed by atoms with Crippen LogP contribution in [0.3, 0.4) is 0 Å². The first kappa shape index (κ1) is 30.0. The highest BCUT2D eigenvalue weighted by molar-refractivity contribution is 5.77. The van der Waals surface area contributed by atoms with Crippen LogP contribution in [0.5, 0.6) is 5.75 Å². The first-order chi connectivity index (χ1) is 19.8. The van der Waals surface area contributed by atoms with E-state index in [9.17, 15) is 4.79 Å². The molecule has 0 radical (unpaired) electrons. The first-order valence-corrected chi connectivity index (χ1v) is 14.2. The number of aryl methyl sites for hydroxylation is 3. The molecule has 1 unspecified atom stereocenters. The minimum Gasteiger partial charge on any atom is -0.497 e. The van der Waals surface area contributed by atoms with Gasteiger partial charge in [0, 0.05) is 12.7 Å². The monoisotopic (exact) mass is 555 g/mol. The van der Waals surface area contributed by atoms with E-state index in [4.69, 9.17) is 14.2 Å². The number of carbonyl (C=O) groups is 1. The largest absolute Gasteiger partial charge is 0.497 e. The van der Waals surface area contributed by atoms with E-state index in [1.54, 1.807) is 7.11 Å². The van der Waals surface area contributed by atoms with Crippen LogP contribution in [0.4, 0.5) is 0 Å². The molecule has 0 aliphatic heterocycles. The van der Waals surface area contributed by atoms with Crippen molar-refractivity contribution >= 4 is 5.97 Å². The molecule has 4 aromatic rings. The molecule has 3 aromatic carbocycles. The molecule has 0 spiro atoms. The van der Waals surface area contributed by atoms with E-state index in [0.717, 1.165) is 52.2 Å². The van der Waals surface area contributed by atoms with Gasteiger partial charge in [-0.15, -0.1) is 5.10 Å². The standard InChI is InChI=1S/C34H41N3O4/c1-6-37-21-30(35-36-37)16-19-32(34(3,4)33(38)41-23-26-10-8-7-9-11-26)28-15-12-25(2)29(20-28)24-40-22-27-13-17-31(39-5)18-14-27/h7-15,17-18,20-21,32H,6,16,19,22-24H2,1-5H3. The quantitative estimate of drug-likeness (QED) is 0.159. The summed E-state index contributed by atoms with van der Waals surface area (Å²) in [5.74, 6) is 0.505. The summed E-state index contributed by atoms with van der Waals surface area (Å²) in [5, 5.41) is 8.53. The molecule has 0 saturated heterocycles. The maximum Gasteiger partial charge on any atom is 0.312 e. The second-order valence-electron chi connectivity index (χ2n) is 11.0. The second kappa shape index (κ2) is 14.1. The third kappa shape index (κ3) is 8.04. The minimum absolute atomic E-state index is 0.0986. The van der Waals surface area contributed by atoms with Gasteiger partial charge in [-0.1, -0.05) is 65.9 Å². The van der Waals surface area contributed by atoms with Crippen LogP contribution in [0.25, 0.3) is 0 Å². The average Bonchev–Trinajstić information content (AvgIpc) is 3.46. The lowest BCUT2D eigenvalue weighted by Crippen LogP contribution is -2.34. The van der Waals surface area contributed by atoms with Crippen LogP contribution in [0, 0.1) is 12.3 Å². The van der Waals surface area contributed by atoms with Gasteiger partial charge in [-0.25, -0.2) is 0 Å². The maximum absolute atomic E-state index is 13.6. The fourth-order valence-corrected chi connectivity index (χ4v) is 4.96. The Morgan fingerprint density at radius 1 is 0.951 bits per heavy atom. The molecule has 41 heavy (non-hydrogen) atoms. The van der Waals surface area contributed by atoms with Crippen molar-refractivity contribution in [2.24, 2.45) is 5.41 Å². The fourth-order valence-electron chi connectivity index (χ4n) is 4.96. The molecule has 1 aromatic heterocycles. The Morgan fingerprint density at radius 2 is 1.68 bits per heavy atom. The van der Waals surface area contributed by atoms with Gasteiger partial charge in [0.05, 0.1) is 31.4 Å². The number of hydrogen-bond donors (Lipinski definition) is 0. The lowest BCUT2D eigenvalue weighted by atomic mass is 9.72. The predicted octanol–water partition coefficient (Wildman–Crippen LogP) is 6.82. The van der Waals surface area contributed by atoms with Gasteiger partial charge in [0.1, 0.15) is 12.4 Å². The Balaban J connectivity index is 1.52. The number of hydrogen-bond acceptors (Lipinski definition) is 6. The van der Waals surface area contributed by atoms with Crippen LogP contribution >= 0.6 is 0 Å². The Labute approximate surface area is 243 Å². The molecule has 7 nitrogen and oxygen atoms in total. The van der Waals surface area contributed by atoms with E-state index in [-0.39, 0.29) is 18.5 Å². The molecule has 0 N–H and O–H groups in total. The van der Waals surface area contributed by atoms with Crippen molar-refractivity contribution in [2.45, 2.75) is 72.8 Å². The van der Waals surface area contributed by atoms with Crippen molar-refractivity contribution in [1.29, 1.82) is 0 Å². The zero-order valence-electron chi connectivity index (χ0n) is 24.8. The van der Waals surface area contributed by atoms with Crippen molar-refractivity contribution in [3.8, 4) is 5.75 Å². The summed E-state index contributed by atoms with van der Waals surface area (Å²) in [6, 6.07) is 24.1. The smallest absolute Gasteiger partial charge is 0.312 e. The van der Waals surface area contributed by atoms with Gasteiger partial charge in [0.25, 0.3) is 0 Å². The van der Waals surface area contributed by atoms with Gasteiger partial charge >= 0.3 is 5.97 Å². The van der Waals surface area contributed by atoms with E-state index in [1.165, 1.54) is 0 Å². The summed E-state index contributed by atoms with van der Waals surface area (Å²) in [6.07, 6.45) is 3.41. The number of aromatic nitrogens is 3. The van der Waals surface area contributed by atoms with E-state index < -0.39 is 5.41 Å². The summed E-state index contributed by atoms with van der Waals surface area (Å²) in [4.78, 5) is 13.6. The fraction of sp³-hybridized carbons (Fsp3) is 0.382. The topological polar surface area (TPSA) is 75.5 Å². The van der Waals surface area contributed by atoms with Crippen LogP contribution in [0.2, 0.25) is 0 Å². The molecule has 0 aliphatic rings. The van der Waals surface area contributed by atoms with E-state index in [1.807, 2.05) is 86.2 Å². The summed E-state index contributed by atoms with van der Waals surface area (Å²) < 4.78 is 19.0. The maximum atomic E-state index is 13.6. The van der Waals surface area contributed by atoms with Crippen LogP contribution in [-0.2, 0) is 47.1 Å². The molecule has 0 aliphatic carbocycles. The van der Waals surface area contributed by atoms with Crippen molar-refractivity contribution in [3.63, 3.8) is 0 Å². The van der Waals surface area contributed by atoms with Crippen molar-refractivity contribution in [3.05, 3.63) is 113 Å². The Hall–Kier alpha value is -3.97. The number of methoxy groups -OCH3 is 1. The molecule has 216 valence electrons. The number of ether oxygens (including phenoxy) is 3. The number of esters is 1.